The van der Waals surface area contributed by atoms with Crippen LogP contribution in [0.3, 0.4) is 0 Å². The third-order valence-corrected chi connectivity index (χ3v) is 5.31. The van der Waals surface area contributed by atoms with E-state index in [1.165, 1.54) is 16.5 Å². The summed E-state index contributed by atoms with van der Waals surface area (Å²) in [4.78, 5) is 12.4. The van der Waals surface area contributed by atoms with Crippen molar-refractivity contribution in [1.82, 2.24) is 15.0 Å². The lowest BCUT2D eigenvalue weighted by Crippen LogP contribution is -2.11. The molecule has 0 fully saturated rings. The number of nitrogen functional groups attached to an aromatic ring is 1. The van der Waals surface area contributed by atoms with Crippen molar-refractivity contribution in [3.05, 3.63) is 65.0 Å². The van der Waals surface area contributed by atoms with E-state index >= 15 is 0 Å². The quantitative estimate of drug-likeness (QED) is 0.539. The summed E-state index contributed by atoms with van der Waals surface area (Å²) < 4.78 is 0. The summed E-state index contributed by atoms with van der Waals surface area (Å²) in [5.74, 6) is 0.262. The number of aryl methyl sites for hydroxylation is 2. The number of hydrogen-bond acceptors (Lipinski definition) is 4. The van der Waals surface area contributed by atoms with E-state index in [0.29, 0.717) is 5.56 Å². The highest BCUT2D eigenvalue weighted by Crippen LogP contribution is 2.42. The minimum absolute atomic E-state index is 0.262. The third-order valence-electron chi connectivity index (χ3n) is 5.31. The van der Waals surface area contributed by atoms with Gasteiger partial charge in [-0.3, -0.25) is 4.98 Å². The molecule has 0 amide bonds. The van der Waals surface area contributed by atoms with Crippen LogP contribution in [0.1, 0.15) is 22.3 Å². The zero-order valence-electron chi connectivity index (χ0n) is 14.9. The molecule has 1 aromatic carbocycles. The summed E-state index contributed by atoms with van der Waals surface area (Å²) in [6, 6.07) is 12.5. The molecule has 3 aromatic heterocycles. The number of benzene rings is 1. The molecule has 0 saturated heterocycles. The average Bonchev–Trinajstić information content (AvgIpc) is 3.06. The Balaban J connectivity index is 1.85. The fraction of sp³-hybridized carbons (Fsp3) is 0.136. The molecule has 5 rings (SSSR count). The van der Waals surface area contributed by atoms with Crippen molar-refractivity contribution in [1.29, 1.82) is 5.26 Å². The number of H-pyrrole nitrogens is 1. The van der Waals surface area contributed by atoms with Gasteiger partial charge < -0.3 is 10.7 Å². The number of nitrogens with zero attached hydrogens (tertiary/aromatic N) is 3. The number of fused-ring (bicyclic) bond motifs is 5. The number of rotatable bonds is 1. The molecule has 130 valence electrons. The van der Waals surface area contributed by atoms with Gasteiger partial charge in [0.05, 0.1) is 11.4 Å². The van der Waals surface area contributed by atoms with Crippen LogP contribution in [-0.2, 0) is 12.8 Å². The summed E-state index contributed by atoms with van der Waals surface area (Å²) in [6.07, 6.45) is 5.22. The minimum atomic E-state index is 0.262. The van der Waals surface area contributed by atoms with Crippen molar-refractivity contribution in [3.8, 4) is 28.6 Å². The number of anilines is 1. The number of nitriles is 1. The van der Waals surface area contributed by atoms with E-state index in [1.54, 1.807) is 12.4 Å². The predicted octanol–water partition coefficient (Wildman–Crippen LogP) is 4.15. The molecule has 27 heavy (non-hydrogen) atoms. The lowest BCUT2D eigenvalue weighted by Gasteiger charge is -2.21. The topological polar surface area (TPSA) is 91.4 Å². The van der Waals surface area contributed by atoms with Crippen LogP contribution in [0.15, 0.2) is 42.7 Å². The molecular formula is C22H17N5. The highest BCUT2D eigenvalue weighted by atomic mass is 14.9. The zero-order valence-corrected chi connectivity index (χ0v) is 14.9. The molecule has 0 aliphatic heterocycles. The molecular weight excluding hydrogens is 334 g/mol. The first-order valence-electron chi connectivity index (χ1n) is 8.92. The number of nitrogens with two attached hydrogens (primary N) is 1. The SMILES string of the molecule is Cc1ccc2[nH]c3c(c2c1)CCc1c-3nc(N)c(C#N)c1-c1cccnc1. The molecule has 0 unspecified atom stereocenters. The normalized spacial score (nSPS) is 12.4. The zero-order chi connectivity index (χ0) is 18.5. The summed E-state index contributed by atoms with van der Waals surface area (Å²) in [5, 5.41) is 10.9. The van der Waals surface area contributed by atoms with Gasteiger partial charge in [0.25, 0.3) is 0 Å². The van der Waals surface area contributed by atoms with Crippen LogP contribution in [0, 0.1) is 18.3 Å². The van der Waals surface area contributed by atoms with E-state index in [1.807, 2.05) is 12.1 Å². The van der Waals surface area contributed by atoms with Crippen LogP contribution >= 0.6 is 0 Å². The Kier molecular flexibility index (Phi) is 3.28. The highest BCUT2D eigenvalue weighted by molar-refractivity contribution is 5.94. The Hall–Kier alpha value is -3.65. The summed E-state index contributed by atoms with van der Waals surface area (Å²) in [6.45, 7) is 2.10. The van der Waals surface area contributed by atoms with Gasteiger partial charge in [-0.1, -0.05) is 17.7 Å². The summed E-state index contributed by atoms with van der Waals surface area (Å²) in [7, 11) is 0. The average molecular weight is 351 g/mol. The van der Waals surface area contributed by atoms with Crippen molar-refractivity contribution in [2.75, 3.05) is 5.73 Å². The van der Waals surface area contributed by atoms with Gasteiger partial charge in [-0.15, -0.1) is 0 Å². The van der Waals surface area contributed by atoms with Crippen LogP contribution in [-0.4, -0.2) is 15.0 Å². The molecule has 0 atom stereocenters. The molecule has 0 bridgehead atoms. The van der Waals surface area contributed by atoms with Crippen molar-refractivity contribution in [2.45, 2.75) is 19.8 Å². The van der Waals surface area contributed by atoms with Gasteiger partial charge in [0.15, 0.2) is 0 Å². The molecule has 5 heteroatoms. The maximum Gasteiger partial charge on any atom is 0.142 e. The first-order chi connectivity index (χ1) is 13.2. The van der Waals surface area contributed by atoms with Gasteiger partial charge in [-0.05, 0) is 49.1 Å². The Bertz CT molecular complexity index is 1250. The Morgan fingerprint density at radius 1 is 1.19 bits per heavy atom. The maximum atomic E-state index is 9.70. The highest BCUT2D eigenvalue weighted by Gasteiger charge is 2.27. The second kappa shape index (κ2) is 5.68. The fourth-order valence-electron chi connectivity index (χ4n) is 4.11. The first kappa shape index (κ1) is 15.6. The molecule has 0 spiro atoms. The van der Waals surface area contributed by atoms with E-state index in [4.69, 9.17) is 5.73 Å². The Labute approximate surface area is 156 Å². The third kappa shape index (κ3) is 2.24. The second-order valence-corrected chi connectivity index (χ2v) is 6.96. The lowest BCUT2D eigenvalue weighted by molar-refractivity contribution is 0.933. The van der Waals surface area contributed by atoms with E-state index in [2.05, 4.69) is 46.1 Å². The van der Waals surface area contributed by atoms with E-state index in [0.717, 1.165) is 46.4 Å². The van der Waals surface area contributed by atoms with Crippen molar-refractivity contribution in [2.24, 2.45) is 0 Å². The lowest BCUT2D eigenvalue weighted by atomic mass is 9.85. The van der Waals surface area contributed by atoms with Gasteiger partial charge in [-0.25, -0.2) is 4.98 Å². The van der Waals surface area contributed by atoms with Crippen molar-refractivity contribution in [3.63, 3.8) is 0 Å². The first-order valence-corrected chi connectivity index (χ1v) is 8.92. The number of aromatic nitrogens is 3. The van der Waals surface area contributed by atoms with Crippen LogP contribution in [0.4, 0.5) is 5.82 Å². The van der Waals surface area contributed by atoms with Gasteiger partial charge >= 0.3 is 0 Å². The summed E-state index contributed by atoms with van der Waals surface area (Å²) in [5.41, 5.74) is 14.9. The predicted molar refractivity (Wildman–Crippen MR) is 106 cm³/mol. The van der Waals surface area contributed by atoms with E-state index in [-0.39, 0.29) is 5.82 Å². The van der Waals surface area contributed by atoms with Crippen LogP contribution in [0.2, 0.25) is 0 Å². The second-order valence-electron chi connectivity index (χ2n) is 6.96. The Morgan fingerprint density at radius 2 is 2.04 bits per heavy atom. The number of pyridine rings is 2. The van der Waals surface area contributed by atoms with Crippen LogP contribution < -0.4 is 5.73 Å². The van der Waals surface area contributed by atoms with Crippen LogP contribution in [0.25, 0.3) is 33.4 Å². The number of nitrogens with one attached hydrogen (secondary N) is 1. The van der Waals surface area contributed by atoms with Gasteiger partial charge in [0.1, 0.15) is 17.5 Å². The minimum Gasteiger partial charge on any atom is -0.383 e. The molecule has 3 N–H and O–H groups in total. The maximum absolute atomic E-state index is 9.70. The van der Waals surface area contributed by atoms with Gasteiger partial charge in [0, 0.05) is 34.4 Å². The fourth-order valence-corrected chi connectivity index (χ4v) is 4.11. The van der Waals surface area contributed by atoms with E-state index in [9.17, 15) is 5.26 Å². The van der Waals surface area contributed by atoms with Gasteiger partial charge in [0.2, 0.25) is 0 Å². The van der Waals surface area contributed by atoms with Gasteiger partial charge in [-0.2, -0.15) is 5.26 Å². The van der Waals surface area contributed by atoms with E-state index < -0.39 is 0 Å². The standard InChI is InChI=1S/C22H17N5/c1-12-4-7-18-16(9-12)14-5-6-15-19(13-3-2-8-25-11-13)17(10-23)22(24)27-21(15)20(14)26-18/h2-4,7-9,11,26H,5-6H2,1H3,(H2,24,27). The largest absolute Gasteiger partial charge is 0.383 e. The number of hydrogen-bond donors (Lipinski definition) is 2. The summed E-state index contributed by atoms with van der Waals surface area (Å²) >= 11 is 0. The Morgan fingerprint density at radius 3 is 2.81 bits per heavy atom. The van der Waals surface area contributed by atoms with Crippen LogP contribution in [0.5, 0.6) is 0 Å². The molecule has 1 aliphatic carbocycles. The molecule has 3 heterocycles. The molecule has 1 aliphatic rings. The number of aromatic amines is 1. The smallest absolute Gasteiger partial charge is 0.142 e. The monoisotopic (exact) mass is 351 g/mol. The van der Waals surface area contributed by atoms with Crippen molar-refractivity contribution >= 4 is 16.7 Å². The molecule has 4 aromatic rings. The molecule has 0 saturated carbocycles. The molecule has 0 radical (unpaired) electrons. The van der Waals surface area contributed by atoms with Crippen molar-refractivity contribution < 1.29 is 0 Å². The molecule has 5 nitrogen and oxygen atoms in total.